The standard InChI is InChI=1S/C19H17F3N4O4/c1-26-9-12(10-3-5-11(6-4-10)19(20,21)22)14(17(26)28)16(27)25-13-7-8-23-15(24-13)18(29)30-2/h3-8,12,14H,9H2,1-2H3,(H,23,24,25,27)/t12-,14+/m0/s1. The van der Waals surface area contributed by atoms with Crippen LogP contribution in [0.25, 0.3) is 0 Å². The van der Waals surface area contributed by atoms with E-state index in [4.69, 9.17) is 0 Å². The summed E-state index contributed by atoms with van der Waals surface area (Å²) in [5.41, 5.74) is -0.389. The van der Waals surface area contributed by atoms with Crippen LogP contribution in [0.4, 0.5) is 19.0 Å². The minimum atomic E-state index is -4.48. The lowest BCUT2D eigenvalue weighted by Gasteiger charge is -2.17. The molecule has 0 aliphatic carbocycles. The fourth-order valence-electron chi connectivity index (χ4n) is 3.23. The molecule has 0 radical (unpaired) electrons. The molecular weight excluding hydrogens is 405 g/mol. The summed E-state index contributed by atoms with van der Waals surface area (Å²) < 4.78 is 43.0. The Morgan fingerprint density at radius 3 is 2.47 bits per heavy atom. The Labute approximate surface area is 169 Å². The van der Waals surface area contributed by atoms with Crippen molar-refractivity contribution in [1.82, 2.24) is 14.9 Å². The van der Waals surface area contributed by atoms with Crippen LogP contribution in [0, 0.1) is 5.92 Å². The molecule has 3 rings (SSSR count). The predicted octanol–water partition coefficient (Wildman–Crippen LogP) is 2.09. The maximum Gasteiger partial charge on any atom is 0.416 e. The number of amides is 2. The van der Waals surface area contributed by atoms with Crippen molar-refractivity contribution in [2.24, 2.45) is 5.92 Å². The third kappa shape index (κ3) is 4.24. The molecule has 1 N–H and O–H groups in total. The number of benzene rings is 1. The van der Waals surface area contributed by atoms with E-state index in [2.05, 4.69) is 20.0 Å². The van der Waals surface area contributed by atoms with Gasteiger partial charge in [0.1, 0.15) is 11.7 Å². The fraction of sp³-hybridized carbons (Fsp3) is 0.316. The molecule has 2 atom stereocenters. The molecule has 2 heterocycles. The second kappa shape index (κ2) is 8.09. The molecule has 8 nitrogen and oxygen atoms in total. The quantitative estimate of drug-likeness (QED) is 0.598. The van der Waals surface area contributed by atoms with Crippen molar-refractivity contribution in [2.75, 3.05) is 26.0 Å². The highest BCUT2D eigenvalue weighted by Crippen LogP contribution is 2.36. The highest BCUT2D eigenvalue weighted by molar-refractivity contribution is 6.08. The van der Waals surface area contributed by atoms with E-state index >= 15 is 0 Å². The average Bonchev–Trinajstić information content (AvgIpc) is 3.01. The van der Waals surface area contributed by atoms with Gasteiger partial charge in [-0.05, 0) is 23.8 Å². The van der Waals surface area contributed by atoms with Crippen molar-refractivity contribution in [2.45, 2.75) is 12.1 Å². The van der Waals surface area contributed by atoms with Crippen LogP contribution < -0.4 is 5.32 Å². The number of likely N-dealkylation sites (N-methyl/N-ethyl adjacent to an activating group) is 1. The molecule has 30 heavy (non-hydrogen) atoms. The van der Waals surface area contributed by atoms with Crippen molar-refractivity contribution >= 4 is 23.6 Å². The zero-order chi connectivity index (χ0) is 22.1. The van der Waals surface area contributed by atoms with Crippen LogP contribution in [0.5, 0.6) is 0 Å². The minimum absolute atomic E-state index is 0.0103. The van der Waals surface area contributed by atoms with Crippen molar-refractivity contribution < 1.29 is 32.3 Å². The summed E-state index contributed by atoms with van der Waals surface area (Å²) in [7, 11) is 2.66. The van der Waals surface area contributed by atoms with E-state index in [9.17, 15) is 27.6 Å². The van der Waals surface area contributed by atoms with Gasteiger partial charge in [0.25, 0.3) is 0 Å². The van der Waals surface area contributed by atoms with Crippen molar-refractivity contribution in [3.05, 3.63) is 53.5 Å². The second-order valence-corrected chi connectivity index (χ2v) is 6.67. The van der Waals surface area contributed by atoms with Gasteiger partial charge in [0.05, 0.1) is 12.7 Å². The van der Waals surface area contributed by atoms with Crippen LogP contribution in [0.1, 0.15) is 27.7 Å². The number of hydrogen-bond donors (Lipinski definition) is 1. The van der Waals surface area contributed by atoms with Crippen LogP contribution in [0.3, 0.4) is 0 Å². The van der Waals surface area contributed by atoms with Gasteiger partial charge in [0, 0.05) is 25.7 Å². The van der Waals surface area contributed by atoms with Gasteiger partial charge in [-0.2, -0.15) is 13.2 Å². The van der Waals surface area contributed by atoms with Crippen molar-refractivity contribution in [1.29, 1.82) is 0 Å². The molecular formula is C19H17F3N4O4. The minimum Gasteiger partial charge on any atom is -0.463 e. The normalized spacial score (nSPS) is 19.0. The number of ether oxygens (including phenoxy) is 1. The summed E-state index contributed by atoms with van der Waals surface area (Å²) in [6.07, 6.45) is -3.24. The van der Waals surface area contributed by atoms with Gasteiger partial charge in [-0.3, -0.25) is 9.59 Å². The maximum atomic E-state index is 12.8. The van der Waals surface area contributed by atoms with Gasteiger partial charge >= 0.3 is 12.1 Å². The van der Waals surface area contributed by atoms with E-state index in [1.807, 2.05) is 0 Å². The van der Waals surface area contributed by atoms with Gasteiger partial charge in [0.2, 0.25) is 17.6 Å². The lowest BCUT2D eigenvalue weighted by Crippen LogP contribution is -2.33. The Hall–Kier alpha value is -3.50. The van der Waals surface area contributed by atoms with Crippen LogP contribution in [-0.2, 0) is 20.5 Å². The number of halogens is 3. The number of esters is 1. The smallest absolute Gasteiger partial charge is 0.416 e. The molecule has 2 aromatic rings. The summed E-state index contributed by atoms with van der Waals surface area (Å²) in [6.45, 7) is 0.166. The number of carbonyl (C=O) groups is 3. The van der Waals surface area contributed by atoms with Gasteiger partial charge in [-0.15, -0.1) is 0 Å². The summed E-state index contributed by atoms with van der Waals surface area (Å²) in [4.78, 5) is 45.8. The number of carbonyl (C=O) groups excluding carboxylic acids is 3. The zero-order valence-corrected chi connectivity index (χ0v) is 15.9. The molecule has 0 saturated carbocycles. The van der Waals surface area contributed by atoms with Crippen LogP contribution in [-0.4, -0.2) is 53.4 Å². The molecule has 1 aromatic heterocycles. The highest BCUT2D eigenvalue weighted by atomic mass is 19.4. The molecule has 2 amide bonds. The number of aromatic nitrogens is 2. The SMILES string of the molecule is COC(=O)c1nccc(NC(=O)[C@@H]2C(=O)N(C)C[C@H]2c2ccc(C(F)(F)F)cc2)n1. The number of anilines is 1. The Bertz CT molecular complexity index is 978. The molecule has 1 aliphatic rings. The summed E-state index contributed by atoms with van der Waals surface area (Å²) in [5, 5.41) is 2.46. The van der Waals surface area contributed by atoms with Gasteiger partial charge < -0.3 is 15.0 Å². The number of nitrogens with one attached hydrogen (secondary N) is 1. The summed E-state index contributed by atoms with van der Waals surface area (Å²) in [6, 6.07) is 5.70. The zero-order valence-electron chi connectivity index (χ0n) is 15.9. The molecule has 11 heteroatoms. The second-order valence-electron chi connectivity index (χ2n) is 6.67. The van der Waals surface area contributed by atoms with Crippen LogP contribution >= 0.6 is 0 Å². The topological polar surface area (TPSA) is 101 Å². The largest absolute Gasteiger partial charge is 0.463 e. The van der Waals surface area contributed by atoms with E-state index in [-0.39, 0.29) is 18.2 Å². The summed E-state index contributed by atoms with van der Waals surface area (Å²) in [5.74, 6) is -4.06. The Balaban J connectivity index is 1.84. The first-order valence-electron chi connectivity index (χ1n) is 8.76. The Morgan fingerprint density at radius 1 is 1.20 bits per heavy atom. The Morgan fingerprint density at radius 2 is 1.87 bits per heavy atom. The number of likely N-dealkylation sites (tertiary alicyclic amines) is 1. The number of nitrogens with zero attached hydrogens (tertiary/aromatic N) is 3. The third-order valence-electron chi connectivity index (χ3n) is 4.74. The predicted molar refractivity (Wildman–Crippen MR) is 97.3 cm³/mol. The van der Waals surface area contributed by atoms with Crippen molar-refractivity contribution in [3.8, 4) is 0 Å². The molecule has 1 fully saturated rings. The fourth-order valence-corrected chi connectivity index (χ4v) is 3.23. The molecule has 1 saturated heterocycles. The lowest BCUT2D eigenvalue weighted by atomic mass is 9.87. The molecule has 0 unspecified atom stereocenters. The molecule has 1 aliphatic heterocycles. The third-order valence-corrected chi connectivity index (χ3v) is 4.74. The van der Waals surface area contributed by atoms with E-state index in [0.717, 1.165) is 19.2 Å². The first-order valence-corrected chi connectivity index (χ1v) is 8.76. The van der Waals surface area contributed by atoms with Crippen LogP contribution in [0.15, 0.2) is 36.5 Å². The number of methoxy groups -OCH3 is 1. The Kier molecular flexibility index (Phi) is 5.72. The highest BCUT2D eigenvalue weighted by Gasteiger charge is 2.44. The van der Waals surface area contributed by atoms with Gasteiger partial charge in [0.15, 0.2) is 0 Å². The first-order chi connectivity index (χ1) is 14.1. The lowest BCUT2D eigenvalue weighted by molar-refractivity contribution is -0.138. The number of alkyl halides is 3. The van der Waals surface area contributed by atoms with Crippen LogP contribution in [0.2, 0.25) is 0 Å². The summed E-state index contributed by atoms with van der Waals surface area (Å²) >= 11 is 0. The van der Waals surface area contributed by atoms with Crippen molar-refractivity contribution in [3.63, 3.8) is 0 Å². The molecule has 1 aromatic carbocycles. The monoisotopic (exact) mass is 422 g/mol. The van der Waals surface area contributed by atoms with E-state index < -0.39 is 41.4 Å². The molecule has 0 bridgehead atoms. The number of rotatable bonds is 4. The van der Waals surface area contributed by atoms with E-state index in [1.54, 1.807) is 0 Å². The molecule has 0 spiro atoms. The maximum absolute atomic E-state index is 12.8. The average molecular weight is 422 g/mol. The van der Waals surface area contributed by atoms with E-state index in [1.165, 1.54) is 36.3 Å². The van der Waals surface area contributed by atoms with Gasteiger partial charge in [-0.25, -0.2) is 14.8 Å². The number of hydrogen-bond acceptors (Lipinski definition) is 6. The van der Waals surface area contributed by atoms with E-state index in [0.29, 0.717) is 5.56 Å². The molecule has 158 valence electrons. The van der Waals surface area contributed by atoms with Gasteiger partial charge in [-0.1, -0.05) is 12.1 Å². The first kappa shape index (κ1) is 21.2.